The third-order valence-electron chi connectivity index (χ3n) is 3.42. The molecule has 3 amide bonds. The maximum atomic E-state index is 12.1. The molecule has 2 N–H and O–H groups in total. The number of carbonyl (C=O) groups is 3. The van der Waals surface area contributed by atoms with Gasteiger partial charge in [0.1, 0.15) is 5.69 Å². The summed E-state index contributed by atoms with van der Waals surface area (Å²) in [6, 6.07) is 9.23. The van der Waals surface area contributed by atoms with Gasteiger partial charge in [-0.15, -0.1) is 0 Å². The maximum Gasteiger partial charge on any atom is 0.288 e. The van der Waals surface area contributed by atoms with Crippen LogP contribution in [0.3, 0.4) is 0 Å². The molecule has 9 heteroatoms. The van der Waals surface area contributed by atoms with E-state index in [2.05, 4.69) is 31.4 Å². The molecule has 1 fully saturated rings. The van der Waals surface area contributed by atoms with E-state index in [9.17, 15) is 14.4 Å². The van der Waals surface area contributed by atoms with Gasteiger partial charge in [-0.1, -0.05) is 39.8 Å². The molecule has 7 nitrogen and oxygen atoms in total. The Morgan fingerprint density at radius 2 is 2.08 bits per heavy atom. The van der Waals surface area contributed by atoms with E-state index < -0.39 is 0 Å². The number of imide groups is 1. The summed E-state index contributed by atoms with van der Waals surface area (Å²) in [5.74, 6) is -0.389. The second kappa shape index (κ2) is 7.18. The van der Waals surface area contributed by atoms with Gasteiger partial charge in [0.15, 0.2) is 0 Å². The van der Waals surface area contributed by atoms with Crippen LogP contribution in [0.1, 0.15) is 10.5 Å². The van der Waals surface area contributed by atoms with Crippen molar-refractivity contribution in [2.45, 2.75) is 0 Å². The van der Waals surface area contributed by atoms with Gasteiger partial charge in [-0.05, 0) is 18.2 Å². The molecule has 0 bridgehead atoms. The first kappa shape index (κ1) is 16.7. The van der Waals surface area contributed by atoms with Gasteiger partial charge in [-0.25, -0.2) is 0 Å². The highest BCUT2D eigenvalue weighted by atomic mass is 79.9. The Bertz CT molecular complexity index is 774. The molecule has 0 saturated carbocycles. The normalized spacial score (nSPS) is 14.3. The Labute approximate surface area is 150 Å². The van der Waals surface area contributed by atoms with Crippen molar-refractivity contribution in [2.24, 2.45) is 0 Å². The zero-order valence-corrected chi connectivity index (χ0v) is 14.8. The van der Waals surface area contributed by atoms with E-state index in [-0.39, 0.29) is 35.9 Å². The molecule has 0 radical (unpaired) electrons. The summed E-state index contributed by atoms with van der Waals surface area (Å²) in [4.78, 5) is 36.2. The zero-order chi connectivity index (χ0) is 17.1. The number of nitrogens with zero attached hydrogens (tertiary/aromatic N) is 2. The quantitative estimate of drug-likeness (QED) is 0.790. The smallest absolute Gasteiger partial charge is 0.288 e. The van der Waals surface area contributed by atoms with Crippen molar-refractivity contribution < 1.29 is 14.4 Å². The lowest BCUT2D eigenvalue weighted by Gasteiger charge is -2.12. The van der Waals surface area contributed by atoms with Crippen LogP contribution in [-0.2, 0) is 4.79 Å². The van der Waals surface area contributed by atoms with Gasteiger partial charge in [0.05, 0.1) is 11.4 Å². The molecule has 1 saturated heterocycles. The van der Waals surface area contributed by atoms with Gasteiger partial charge in [0.25, 0.3) is 11.1 Å². The fraction of sp³-hybridized carbons (Fsp3) is 0.200. The third kappa shape index (κ3) is 3.68. The van der Waals surface area contributed by atoms with Crippen LogP contribution in [0.4, 0.5) is 4.79 Å². The van der Waals surface area contributed by atoms with Crippen LogP contribution >= 0.6 is 27.7 Å². The minimum Gasteiger partial charge on any atom is -0.349 e. The van der Waals surface area contributed by atoms with Crippen molar-refractivity contribution in [2.75, 3.05) is 18.8 Å². The predicted molar refractivity (Wildman–Crippen MR) is 93.6 cm³/mol. The molecule has 124 valence electrons. The first-order chi connectivity index (χ1) is 11.5. The Hall–Kier alpha value is -2.13. The first-order valence-electron chi connectivity index (χ1n) is 7.11. The number of benzene rings is 1. The number of aromatic amines is 1. The van der Waals surface area contributed by atoms with Crippen LogP contribution in [0.5, 0.6) is 0 Å². The molecule has 0 spiro atoms. The van der Waals surface area contributed by atoms with Crippen LogP contribution in [0, 0.1) is 0 Å². The number of rotatable bonds is 5. The fourth-order valence-electron chi connectivity index (χ4n) is 2.18. The maximum absolute atomic E-state index is 12.1. The predicted octanol–water partition coefficient (Wildman–Crippen LogP) is 2.26. The molecule has 0 atom stereocenters. The second-order valence-electron chi connectivity index (χ2n) is 5.03. The average Bonchev–Trinajstić information content (AvgIpc) is 3.17. The molecule has 2 heterocycles. The second-order valence-corrected chi connectivity index (χ2v) is 6.87. The van der Waals surface area contributed by atoms with Crippen LogP contribution in [0.25, 0.3) is 11.3 Å². The van der Waals surface area contributed by atoms with Gasteiger partial charge in [-0.2, -0.15) is 5.10 Å². The lowest BCUT2D eigenvalue weighted by molar-refractivity contribution is -0.124. The van der Waals surface area contributed by atoms with Crippen LogP contribution in [0.15, 0.2) is 34.8 Å². The highest BCUT2D eigenvalue weighted by Crippen LogP contribution is 2.20. The molecule has 24 heavy (non-hydrogen) atoms. The summed E-state index contributed by atoms with van der Waals surface area (Å²) in [6.07, 6.45) is 0. The van der Waals surface area contributed by atoms with Crippen LogP contribution in [0.2, 0.25) is 0 Å². The lowest BCUT2D eigenvalue weighted by Crippen LogP contribution is -2.37. The molecule has 3 rings (SSSR count). The number of aromatic nitrogens is 2. The number of thioether (sulfide) groups is 1. The monoisotopic (exact) mass is 408 g/mol. The van der Waals surface area contributed by atoms with Gasteiger partial charge in [0, 0.05) is 23.1 Å². The lowest BCUT2D eigenvalue weighted by atomic mass is 10.1. The van der Waals surface area contributed by atoms with Crippen LogP contribution < -0.4 is 5.32 Å². The standard InChI is InChI=1S/C15H13BrN4O3S/c16-10-3-1-9(2-4-10)11-7-12(19-18-11)14(22)17-5-6-20-13(21)8-24-15(20)23/h1-4,7H,5-6,8H2,(H,17,22)(H,18,19). The van der Waals surface area contributed by atoms with Crippen molar-refractivity contribution in [3.05, 3.63) is 40.5 Å². The number of carbonyl (C=O) groups excluding carboxylic acids is 3. The summed E-state index contributed by atoms with van der Waals surface area (Å²) in [7, 11) is 0. The minimum absolute atomic E-state index is 0.171. The summed E-state index contributed by atoms with van der Waals surface area (Å²) in [5.41, 5.74) is 1.87. The fourth-order valence-corrected chi connectivity index (χ4v) is 3.20. The number of H-pyrrole nitrogens is 1. The molecule has 2 aromatic rings. The summed E-state index contributed by atoms with van der Waals surface area (Å²) < 4.78 is 0.962. The highest BCUT2D eigenvalue weighted by molar-refractivity contribution is 9.10. The van der Waals surface area contributed by atoms with Crippen LogP contribution in [-0.4, -0.2) is 51.0 Å². The van der Waals surface area contributed by atoms with E-state index in [1.807, 2.05) is 24.3 Å². The van der Waals surface area contributed by atoms with E-state index in [1.54, 1.807) is 6.07 Å². The van der Waals surface area contributed by atoms with Crippen molar-refractivity contribution in [1.29, 1.82) is 0 Å². The van der Waals surface area contributed by atoms with Gasteiger partial charge >= 0.3 is 0 Å². The molecular weight excluding hydrogens is 396 g/mol. The van der Waals surface area contributed by atoms with Gasteiger partial charge < -0.3 is 5.32 Å². The SMILES string of the molecule is O=C(NCCN1C(=O)CSC1=O)c1cc(-c2ccc(Br)cc2)n[nH]1. The number of amides is 3. The summed E-state index contributed by atoms with van der Waals surface area (Å²) in [6.45, 7) is 0.369. The number of nitrogens with one attached hydrogen (secondary N) is 2. The summed E-state index contributed by atoms with van der Waals surface area (Å²) in [5, 5.41) is 9.21. The van der Waals surface area contributed by atoms with E-state index in [0.29, 0.717) is 11.4 Å². The number of hydrogen-bond acceptors (Lipinski definition) is 5. The molecule has 0 unspecified atom stereocenters. The van der Waals surface area contributed by atoms with Gasteiger partial charge in [-0.3, -0.25) is 24.4 Å². The van der Waals surface area contributed by atoms with Crippen molar-refractivity contribution >= 4 is 44.7 Å². The van der Waals surface area contributed by atoms with E-state index >= 15 is 0 Å². The van der Waals surface area contributed by atoms with Crippen molar-refractivity contribution in [3.8, 4) is 11.3 Å². The molecule has 1 aromatic carbocycles. The largest absolute Gasteiger partial charge is 0.349 e. The Morgan fingerprint density at radius 3 is 2.75 bits per heavy atom. The summed E-state index contributed by atoms with van der Waals surface area (Å²) >= 11 is 4.34. The van der Waals surface area contributed by atoms with E-state index in [4.69, 9.17) is 0 Å². The Morgan fingerprint density at radius 1 is 1.33 bits per heavy atom. The highest BCUT2D eigenvalue weighted by Gasteiger charge is 2.29. The van der Waals surface area contributed by atoms with E-state index in [0.717, 1.165) is 26.7 Å². The first-order valence-corrected chi connectivity index (χ1v) is 8.89. The topological polar surface area (TPSA) is 95.2 Å². The Kier molecular flexibility index (Phi) is 5.00. The number of halogens is 1. The minimum atomic E-state index is -0.336. The Balaban J connectivity index is 1.57. The zero-order valence-electron chi connectivity index (χ0n) is 12.4. The molecule has 0 aliphatic carbocycles. The molecule has 1 aliphatic heterocycles. The molecular formula is C15H13BrN4O3S. The van der Waals surface area contributed by atoms with Crippen molar-refractivity contribution in [3.63, 3.8) is 0 Å². The third-order valence-corrected chi connectivity index (χ3v) is 4.81. The average molecular weight is 409 g/mol. The van der Waals surface area contributed by atoms with E-state index in [1.165, 1.54) is 0 Å². The molecule has 1 aliphatic rings. The number of hydrogen-bond donors (Lipinski definition) is 2. The van der Waals surface area contributed by atoms with Crippen molar-refractivity contribution in [1.82, 2.24) is 20.4 Å². The van der Waals surface area contributed by atoms with Gasteiger partial charge in [0.2, 0.25) is 5.91 Å². The molecule has 1 aromatic heterocycles.